The van der Waals surface area contributed by atoms with Crippen molar-refractivity contribution in [2.24, 2.45) is 0 Å². The van der Waals surface area contributed by atoms with Crippen LogP contribution in [0.15, 0.2) is 0 Å². The minimum absolute atomic E-state index is 1.37. The molecule has 8 nitrogen and oxygen atoms in total. The number of hydrogen-bond acceptors (Lipinski definition) is 2. The van der Waals surface area contributed by atoms with Crippen LogP contribution < -0.4 is 0 Å². The molecular weight excluding hydrogens is 322 g/mol. The second kappa shape index (κ2) is 16.6. The largest absolute Gasteiger partial charge is 0.466 e. The molecule has 6 N–H and O–H groups in total. The van der Waals surface area contributed by atoms with Crippen LogP contribution in [0.3, 0.4) is 0 Å². The molecule has 0 unspecified atom stereocenters. The zero-order valence-electron chi connectivity index (χ0n) is 12.8. The van der Waals surface area contributed by atoms with Crippen molar-refractivity contribution in [2.75, 3.05) is 0 Å². The zero-order valence-corrected chi connectivity index (χ0v) is 14.5. The Morgan fingerprint density at radius 3 is 0.810 bits per heavy atom. The quantitative estimate of drug-likeness (QED) is 0.288. The molecule has 21 heavy (non-hydrogen) atoms. The fourth-order valence-electron chi connectivity index (χ4n) is 1.38. The minimum atomic E-state index is -4.64. The monoisotopic (exact) mass is 352 g/mol. The molecule has 10 heteroatoms. The maximum Gasteiger partial charge on any atom is 0.466 e. The molecule has 0 aromatic rings. The highest BCUT2D eigenvalue weighted by Crippen LogP contribution is 2.26. The molecule has 0 aromatic carbocycles. The van der Waals surface area contributed by atoms with Gasteiger partial charge in [-0.1, -0.05) is 71.6 Å². The first-order valence-electron chi connectivity index (χ1n) is 6.98. The number of rotatable bonds is 8. The topological polar surface area (TPSA) is 156 Å². The Labute approximate surface area is 126 Å². The molecule has 0 amide bonds. The van der Waals surface area contributed by atoms with Crippen molar-refractivity contribution >= 4 is 15.6 Å². The summed E-state index contributed by atoms with van der Waals surface area (Å²) in [5, 5.41) is 0. The molecule has 0 aliphatic carbocycles. The van der Waals surface area contributed by atoms with Crippen LogP contribution >= 0.6 is 15.6 Å². The molecule has 0 fully saturated rings. The fourth-order valence-corrected chi connectivity index (χ4v) is 1.38. The second-order valence-electron chi connectivity index (χ2n) is 4.50. The average Bonchev–Trinajstić information content (AvgIpc) is 2.23. The van der Waals surface area contributed by atoms with E-state index in [9.17, 15) is 0 Å². The summed E-state index contributed by atoms with van der Waals surface area (Å²) in [5.74, 6) is 0. The lowest BCUT2D eigenvalue weighted by molar-refractivity contribution is 0.272. The van der Waals surface area contributed by atoms with E-state index in [-0.39, 0.29) is 0 Å². The Morgan fingerprint density at radius 2 is 0.667 bits per heavy atom. The van der Waals surface area contributed by atoms with E-state index in [2.05, 4.69) is 13.8 Å². The molecule has 0 rings (SSSR count). The van der Waals surface area contributed by atoms with Gasteiger partial charge < -0.3 is 29.4 Å². The van der Waals surface area contributed by atoms with Gasteiger partial charge in [-0.25, -0.2) is 9.13 Å². The van der Waals surface area contributed by atoms with Crippen molar-refractivity contribution in [1.29, 1.82) is 0 Å². The van der Waals surface area contributed by atoms with Crippen LogP contribution in [-0.2, 0) is 9.13 Å². The fraction of sp³-hybridized carbons (Fsp3) is 1.00. The molecule has 0 aliphatic heterocycles. The zero-order chi connectivity index (χ0) is 17.4. The van der Waals surface area contributed by atoms with E-state index >= 15 is 0 Å². The van der Waals surface area contributed by atoms with Gasteiger partial charge in [-0.2, -0.15) is 0 Å². The van der Waals surface area contributed by atoms with Crippen LogP contribution in [0.5, 0.6) is 0 Å². The van der Waals surface area contributed by atoms with E-state index in [0.717, 1.165) is 0 Å². The predicted molar refractivity (Wildman–Crippen MR) is 81.4 cm³/mol. The van der Waals surface area contributed by atoms with Crippen molar-refractivity contribution in [2.45, 2.75) is 71.6 Å². The van der Waals surface area contributed by atoms with Crippen molar-refractivity contribution in [1.82, 2.24) is 0 Å². The third-order valence-corrected chi connectivity index (χ3v) is 2.21. The van der Waals surface area contributed by atoms with E-state index in [0.29, 0.717) is 0 Å². The van der Waals surface area contributed by atoms with Crippen molar-refractivity contribution < 1.29 is 38.5 Å². The minimum Gasteiger partial charge on any atom is -0.303 e. The van der Waals surface area contributed by atoms with Crippen LogP contribution in [0.25, 0.3) is 0 Å². The summed E-state index contributed by atoms with van der Waals surface area (Å²) >= 11 is 0. The Balaban J connectivity index is -0.000000270. The van der Waals surface area contributed by atoms with Crippen LogP contribution in [0.4, 0.5) is 0 Å². The smallest absolute Gasteiger partial charge is 0.303 e. The van der Waals surface area contributed by atoms with Gasteiger partial charge in [-0.3, -0.25) is 0 Å². The summed E-state index contributed by atoms with van der Waals surface area (Å²) in [4.78, 5) is 43.1. The van der Waals surface area contributed by atoms with Crippen LogP contribution in [0, 0.1) is 0 Å². The molecule has 0 bridgehead atoms. The Kier molecular flexibility index (Phi) is 20.6. The highest BCUT2D eigenvalue weighted by Gasteiger charge is 2.00. The van der Waals surface area contributed by atoms with E-state index in [1.54, 1.807) is 0 Å². The summed E-state index contributed by atoms with van der Waals surface area (Å²) in [6.45, 7) is 4.55. The molecule has 0 atom stereocenters. The van der Waals surface area contributed by atoms with Crippen LogP contribution in [0.2, 0.25) is 0 Å². The van der Waals surface area contributed by atoms with Gasteiger partial charge in [0.2, 0.25) is 0 Å². The Morgan fingerprint density at radius 1 is 0.524 bits per heavy atom. The summed E-state index contributed by atoms with van der Waals surface area (Å²) in [7, 11) is -9.28. The van der Waals surface area contributed by atoms with Crippen molar-refractivity contribution in [3.8, 4) is 0 Å². The molecule has 0 radical (unpaired) electrons. The summed E-state index contributed by atoms with van der Waals surface area (Å²) in [5.41, 5.74) is 0. The molecule has 132 valence electrons. The van der Waals surface area contributed by atoms with E-state index in [4.69, 9.17) is 38.5 Å². The predicted octanol–water partition coefficient (Wildman–Crippen LogP) is 2.68. The Bertz CT molecular complexity index is 241. The first kappa shape index (κ1) is 26.1. The Hall–Kier alpha value is 0.220. The third-order valence-electron chi connectivity index (χ3n) is 2.21. The highest BCUT2D eigenvalue weighted by molar-refractivity contribution is 7.45. The van der Waals surface area contributed by atoms with Gasteiger partial charge in [0.1, 0.15) is 0 Å². The van der Waals surface area contributed by atoms with Gasteiger partial charge in [-0.05, 0) is 0 Å². The van der Waals surface area contributed by atoms with Gasteiger partial charge in [-0.15, -0.1) is 0 Å². The summed E-state index contributed by atoms with van der Waals surface area (Å²) in [6.07, 6.45) is 13.0. The molecule has 0 spiro atoms. The molecule has 0 aromatic heterocycles. The SMILES string of the molecule is CCCCCCCCCCC.O=P(O)(O)O.O=P(O)(O)O. The maximum absolute atomic E-state index is 8.88. The van der Waals surface area contributed by atoms with Crippen molar-refractivity contribution in [3.63, 3.8) is 0 Å². The maximum atomic E-state index is 8.88. The number of phosphoric acid groups is 2. The van der Waals surface area contributed by atoms with Gasteiger partial charge in [0, 0.05) is 0 Å². The van der Waals surface area contributed by atoms with Crippen molar-refractivity contribution in [3.05, 3.63) is 0 Å². The molecular formula is C11H30O8P2. The highest BCUT2D eigenvalue weighted by atomic mass is 31.2. The molecule has 0 heterocycles. The molecule has 0 aliphatic rings. The lowest BCUT2D eigenvalue weighted by Crippen LogP contribution is -1.79. The summed E-state index contributed by atoms with van der Waals surface area (Å²) in [6, 6.07) is 0. The second-order valence-corrected chi connectivity index (χ2v) is 6.55. The third kappa shape index (κ3) is 99.3. The van der Waals surface area contributed by atoms with Gasteiger partial charge in [0.15, 0.2) is 0 Å². The lowest BCUT2D eigenvalue weighted by Gasteiger charge is -1.98. The summed E-state index contributed by atoms with van der Waals surface area (Å²) < 4.78 is 17.8. The number of hydrogen-bond donors (Lipinski definition) is 6. The van der Waals surface area contributed by atoms with Gasteiger partial charge in [0.05, 0.1) is 0 Å². The first-order chi connectivity index (χ1) is 9.41. The lowest BCUT2D eigenvalue weighted by atomic mass is 10.1. The molecule has 0 saturated carbocycles. The standard InChI is InChI=1S/C11H24.2H3O4P/c1-3-5-7-9-11-10-8-6-4-2;2*1-5(2,3)4/h3-11H2,1-2H3;2*(H3,1,2,3,4). The van der Waals surface area contributed by atoms with E-state index in [1.807, 2.05) is 0 Å². The number of unbranched alkanes of at least 4 members (excludes halogenated alkanes) is 8. The normalized spacial score (nSPS) is 11.0. The van der Waals surface area contributed by atoms with E-state index in [1.165, 1.54) is 57.8 Å². The van der Waals surface area contributed by atoms with E-state index < -0.39 is 15.6 Å². The van der Waals surface area contributed by atoms with Crippen LogP contribution in [-0.4, -0.2) is 29.4 Å². The van der Waals surface area contributed by atoms with Gasteiger partial charge in [0.25, 0.3) is 0 Å². The van der Waals surface area contributed by atoms with Crippen LogP contribution in [0.1, 0.15) is 71.6 Å². The molecule has 0 saturated heterocycles. The van der Waals surface area contributed by atoms with Gasteiger partial charge >= 0.3 is 15.6 Å². The average molecular weight is 352 g/mol. The first-order valence-corrected chi connectivity index (χ1v) is 10.1.